The SMILES string of the molecule is COC(=O)[C@@H]1C2CCC(CC2)[C@@H]1Nc1cnnc(Cl)n1. The van der Waals surface area contributed by atoms with Crippen LogP contribution in [0.5, 0.6) is 0 Å². The molecule has 0 radical (unpaired) electrons. The number of carbonyl (C=O) groups excluding carboxylic acids is 1. The first-order valence-electron chi connectivity index (χ1n) is 6.88. The molecule has 0 saturated heterocycles. The minimum Gasteiger partial charge on any atom is -0.469 e. The molecule has 0 unspecified atom stereocenters. The summed E-state index contributed by atoms with van der Waals surface area (Å²) in [6.45, 7) is 0. The normalized spacial score (nSPS) is 31.9. The van der Waals surface area contributed by atoms with Crippen molar-refractivity contribution in [2.24, 2.45) is 17.8 Å². The molecule has 7 heteroatoms. The Balaban J connectivity index is 1.83. The number of nitrogens with zero attached hydrogens (tertiary/aromatic N) is 3. The van der Waals surface area contributed by atoms with E-state index in [1.807, 2.05) is 0 Å². The van der Waals surface area contributed by atoms with E-state index in [-0.39, 0.29) is 23.2 Å². The fraction of sp³-hybridized carbons (Fsp3) is 0.692. The first kappa shape index (κ1) is 13.5. The Hall–Kier alpha value is -1.43. The maximum Gasteiger partial charge on any atom is 0.311 e. The summed E-state index contributed by atoms with van der Waals surface area (Å²) in [6, 6.07) is 0.0442. The molecular weight excluding hydrogens is 280 g/mol. The van der Waals surface area contributed by atoms with Crippen LogP contribution in [0.2, 0.25) is 5.28 Å². The fourth-order valence-corrected chi connectivity index (χ4v) is 3.79. The predicted molar refractivity (Wildman–Crippen MR) is 73.2 cm³/mol. The Bertz CT molecular complexity index is 505. The van der Waals surface area contributed by atoms with Crippen molar-refractivity contribution in [3.8, 4) is 0 Å². The van der Waals surface area contributed by atoms with E-state index < -0.39 is 0 Å². The van der Waals surface area contributed by atoms with Crippen LogP contribution >= 0.6 is 11.6 Å². The van der Waals surface area contributed by atoms with Crippen LogP contribution in [-0.4, -0.2) is 34.3 Å². The lowest BCUT2D eigenvalue weighted by molar-refractivity contribution is -0.152. The van der Waals surface area contributed by atoms with Crippen molar-refractivity contribution < 1.29 is 9.53 Å². The molecule has 20 heavy (non-hydrogen) atoms. The molecule has 108 valence electrons. The molecular formula is C13H17ClN4O2. The summed E-state index contributed by atoms with van der Waals surface area (Å²) < 4.78 is 4.98. The highest BCUT2D eigenvalue weighted by Crippen LogP contribution is 2.46. The number of hydrogen-bond donors (Lipinski definition) is 1. The molecule has 1 heterocycles. The second-order valence-corrected chi connectivity index (χ2v) is 5.84. The van der Waals surface area contributed by atoms with Gasteiger partial charge in [0, 0.05) is 6.04 Å². The van der Waals surface area contributed by atoms with Crippen LogP contribution in [0.3, 0.4) is 0 Å². The number of hydrogen-bond acceptors (Lipinski definition) is 6. The van der Waals surface area contributed by atoms with Gasteiger partial charge in [0.2, 0.25) is 5.28 Å². The number of ether oxygens (including phenoxy) is 1. The van der Waals surface area contributed by atoms with Crippen molar-refractivity contribution in [3.63, 3.8) is 0 Å². The van der Waals surface area contributed by atoms with E-state index in [9.17, 15) is 4.79 Å². The van der Waals surface area contributed by atoms with Crippen LogP contribution in [0.4, 0.5) is 5.82 Å². The molecule has 0 amide bonds. The fourth-order valence-electron chi connectivity index (χ4n) is 3.65. The highest BCUT2D eigenvalue weighted by Gasteiger charge is 2.47. The summed E-state index contributed by atoms with van der Waals surface area (Å²) in [5.41, 5.74) is 0. The molecule has 1 N–H and O–H groups in total. The van der Waals surface area contributed by atoms with E-state index in [4.69, 9.17) is 16.3 Å². The highest BCUT2D eigenvalue weighted by atomic mass is 35.5. The molecule has 3 aliphatic rings. The molecule has 0 aliphatic heterocycles. The topological polar surface area (TPSA) is 77.0 Å². The number of halogens is 1. The lowest BCUT2D eigenvalue weighted by Gasteiger charge is -2.47. The summed E-state index contributed by atoms with van der Waals surface area (Å²) in [4.78, 5) is 16.2. The molecule has 1 aromatic heterocycles. The molecule has 3 saturated carbocycles. The standard InChI is InChI=1S/C13H17ClN4O2/c1-20-12(19)10-7-2-4-8(5-3-7)11(10)16-9-6-15-18-13(14)17-9/h6-8,10-11H,2-5H2,1H3,(H,16,17,18)/t7?,8?,10-,11+/m1/s1. The second-order valence-electron chi connectivity index (χ2n) is 5.50. The quantitative estimate of drug-likeness (QED) is 0.859. The Morgan fingerprint density at radius 1 is 1.35 bits per heavy atom. The van der Waals surface area contributed by atoms with E-state index in [2.05, 4.69) is 20.5 Å². The van der Waals surface area contributed by atoms with Gasteiger partial charge in [-0.15, -0.1) is 5.10 Å². The molecule has 3 aliphatic carbocycles. The molecule has 4 rings (SSSR count). The molecule has 0 spiro atoms. The van der Waals surface area contributed by atoms with Crippen molar-refractivity contribution in [3.05, 3.63) is 11.5 Å². The van der Waals surface area contributed by atoms with Crippen LogP contribution in [-0.2, 0) is 9.53 Å². The molecule has 6 nitrogen and oxygen atoms in total. The van der Waals surface area contributed by atoms with E-state index in [0.717, 1.165) is 25.7 Å². The number of fused-ring (bicyclic) bond motifs is 3. The van der Waals surface area contributed by atoms with Gasteiger partial charge in [-0.2, -0.15) is 10.1 Å². The predicted octanol–water partition coefficient (Wildman–Crippen LogP) is 1.91. The molecule has 0 aromatic carbocycles. The van der Waals surface area contributed by atoms with E-state index >= 15 is 0 Å². The summed E-state index contributed by atoms with van der Waals surface area (Å²) in [5.74, 6) is 1.19. The van der Waals surface area contributed by atoms with E-state index in [1.165, 1.54) is 13.3 Å². The van der Waals surface area contributed by atoms with Gasteiger partial charge >= 0.3 is 5.97 Å². The molecule has 3 fully saturated rings. The van der Waals surface area contributed by atoms with Gasteiger partial charge < -0.3 is 10.1 Å². The first-order valence-corrected chi connectivity index (χ1v) is 7.26. The van der Waals surface area contributed by atoms with Gasteiger partial charge in [-0.05, 0) is 49.1 Å². The van der Waals surface area contributed by atoms with Gasteiger partial charge in [0.1, 0.15) is 5.82 Å². The van der Waals surface area contributed by atoms with E-state index in [1.54, 1.807) is 0 Å². The van der Waals surface area contributed by atoms with Crippen molar-refractivity contribution in [2.45, 2.75) is 31.7 Å². The van der Waals surface area contributed by atoms with Crippen LogP contribution in [0, 0.1) is 17.8 Å². The maximum absolute atomic E-state index is 12.1. The molecule has 2 atom stereocenters. The lowest BCUT2D eigenvalue weighted by Crippen LogP contribution is -2.51. The van der Waals surface area contributed by atoms with Gasteiger partial charge in [-0.25, -0.2) is 0 Å². The van der Waals surface area contributed by atoms with Crippen LogP contribution in [0.15, 0.2) is 6.20 Å². The van der Waals surface area contributed by atoms with Crippen molar-refractivity contribution >= 4 is 23.4 Å². The maximum atomic E-state index is 12.1. The number of anilines is 1. The van der Waals surface area contributed by atoms with E-state index in [0.29, 0.717) is 17.7 Å². The zero-order chi connectivity index (χ0) is 14.1. The van der Waals surface area contributed by atoms with Gasteiger partial charge in [0.15, 0.2) is 0 Å². The number of carbonyl (C=O) groups is 1. The highest BCUT2D eigenvalue weighted by molar-refractivity contribution is 6.28. The number of esters is 1. The van der Waals surface area contributed by atoms with Crippen LogP contribution < -0.4 is 5.32 Å². The van der Waals surface area contributed by atoms with Crippen molar-refractivity contribution in [2.75, 3.05) is 12.4 Å². The summed E-state index contributed by atoms with van der Waals surface area (Å²) in [6.07, 6.45) is 6.02. The van der Waals surface area contributed by atoms with Crippen LogP contribution in [0.25, 0.3) is 0 Å². The second kappa shape index (κ2) is 5.52. The lowest BCUT2D eigenvalue weighted by atomic mass is 9.61. The zero-order valence-electron chi connectivity index (χ0n) is 11.3. The van der Waals surface area contributed by atoms with Gasteiger partial charge in [0.05, 0.1) is 19.2 Å². The summed E-state index contributed by atoms with van der Waals surface area (Å²) in [7, 11) is 1.45. The van der Waals surface area contributed by atoms with Crippen molar-refractivity contribution in [1.29, 1.82) is 0 Å². The number of aromatic nitrogens is 3. The number of nitrogens with one attached hydrogen (secondary N) is 1. The zero-order valence-corrected chi connectivity index (χ0v) is 12.0. The Kier molecular flexibility index (Phi) is 3.74. The molecule has 1 aromatic rings. The smallest absolute Gasteiger partial charge is 0.311 e. The first-order chi connectivity index (χ1) is 9.69. The van der Waals surface area contributed by atoms with Gasteiger partial charge in [0.25, 0.3) is 0 Å². The number of rotatable bonds is 3. The van der Waals surface area contributed by atoms with Crippen molar-refractivity contribution in [1.82, 2.24) is 15.2 Å². The summed E-state index contributed by atoms with van der Waals surface area (Å²) in [5, 5.41) is 10.8. The third-order valence-corrected chi connectivity index (χ3v) is 4.70. The Morgan fingerprint density at radius 3 is 2.70 bits per heavy atom. The third-order valence-electron chi connectivity index (χ3n) is 4.54. The summed E-state index contributed by atoms with van der Waals surface area (Å²) >= 11 is 5.75. The average molecular weight is 297 g/mol. The molecule has 2 bridgehead atoms. The Labute approximate surface area is 122 Å². The minimum atomic E-state index is -0.134. The average Bonchev–Trinajstić information content (AvgIpc) is 2.47. The minimum absolute atomic E-state index is 0.0442. The monoisotopic (exact) mass is 296 g/mol. The van der Waals surface area contributed by atoms with Gasteiger partial charge in [-0.1, -0.05) is 0 Å². The Morgan fingerprint density at radius 2 is 2.05 bits per heavy atom. The van der Waals surface area contributed by atoms with Gasteiger partial charge in [-0.3, -0.25) is 4.79 Å². The third kappa shape index (κ3) is 2.44. The number of methoxy groups -OCH3 is 1. The van der Waals surface area contributed by atoms with Crippen LogP contribution in [0.1, 0.15) is 25.7 Å². The largest absolute Gasteiger partial charge is 0.469 e.